The Morgan fingerprint density at radius 3 is 2.65 bits per heavy atom. The monoisotopic (exact) mass is 277 g/mol. The van der Waals surface area contributed by atoms with Crippen molar-refractivity contribution in [3.8, 4) is 0 Å². The highest BCUT2D eigenvalue weighted by molar-refractivity contribution is 5.89. The maximum absolute atomic E-state index is 11.7. The molecule has 20 heavy (non-hydrogen) atoms. The lowest BCUT2D eigenvalue weighted by Gasteiger charge is -2.13. The molecular weight excluding hydrogens is 250 g/mol. The summed E-state index contributed by atoms with van der Waals surface area (Å²) in [4.78, 5) is 11.7. The van der Waals surface area contributed by atoms with Gasteiger partial charge >= 0.3 is 5.97 Å². The first-order valence-electron chi connectivity index (χ1n) is 7.69. The molecule has 0 bridgehead atoms. The van der Waals surface area contributed by atoms with Gasteiger partial charge in [0.15, 0.2) is 0 Å². The number of ether oxygens (including phenoxy) is 1. The Morgan fingerprint density at radius 2 is 1.95 bits per heavy atom. The van der Waals surface area contributed by atoms with Crippen LogP contribution in [0.5, 0.6) is 0 Å². The van der Waals surface area contributed by atoms with E-state index < -0.39 is 0 Å². The third-order valence-corrected chi connectivity index (χ3v) is 3.33. The fraction of sp³-hybridized carbons (Fsp3) is 0.588. The van der Waals surface area contributed by atoms with Gasteiger partial charge in [-0.15, -0.1) is 0 Å². The molecule has 1 aromatic carbocycles. The number of unbranched alkanes of at least 4 members (excludes halogenated alkanes) is 3. The van der Waals surface area contributed by atoms with E-state index in [2.05, 4.69) is 19.2 Å². The molecule has 0 amide bonds. The number of hydrogen-bond acceptors (Lipinski definition) is 3. The van der Waals surface area contributed by atoms with Crippen molar-refractivity contribution >= 4 is 5.97 Å². The van der Waals surface area contributed by atoms with Gasteiger partial charge in [-0.2, -0.15) is 0 Å². The van der Waals surface area contributed by atoms with Gasteiger partial charge in [-0.1, -0.05) is 50.8 Å². The summed E-state index contributed by atoms with van der Waals surface area (Å²) in [7, 11) is 0. The molecule has 0 heterocycles. The highest BCUT2D eigenvalue weighted by atomic mass is 16.5. The van der Waals surface area contributed by atoms with Crippen LogP contribution in [0.25, 0.3) is 0 Å². The maximum atomic E-state index is 11.7. The average Bonchev–Trinajstić information content (AvgIpc) is 2.49. The van der Waals surface area contributed by atoms with Crippen molar-refractivity contribution in [2.45, 2.75) is 52.0 Å². The Kier molecular flexibility index (Phi) is 8.72. The van der Waals surface area contributed by atoms with Gasteiger partial charge in [0.25, 0.3) is 0 Å². The molecule has 112 valence electrons. The summed E-state index contributed by atoms with van der Waals surface area (Å²) in [6.07, 6.45) is 6.36. The standard InChI is InChI=1S/C17H27NO2/c1-3-4-5-7-10-15(2)18-13-14-20-17(19)16-11-8-6-9-12-16/h6,8-9,11-12,15,18H,3-5,7,10,13-14H2,1-2H3/t15-/m1/s1. The highest BCUT2D eigenvalue weighted by Gasteiger charge is 2.06. The van der Waals surface area contributed by atoms with Crippen molar-refractivity contribution in [1.29, 1.82) is 0 Å². The Bertz CT molecular complexity index is 365. The molecule has 1 atom stereocenters. The van der Waals surface area contributed by atoms with Crippen molar-refractivity contribution in [3.05, 3.63) is 35.9 Å². The SMILES string of the molecule is CCCCCC[C@@H](C)NCCOC(=O)c1ccccc1. The summed E-state index contributed by atoms with van der Waals surface area (Å²) in [6.45, 7) is 5.55. The van der Waals surface area contributed by atoms with Crippen LogP contribution in [0.3, 0.4) is 0 Å². The van der Waals surface area contributed by atoms with E-state index in [4.69, 9.17) is 4.74 Å². The second-order valence-corrected chi connectivity index (χ2v) is 5.21. The van der Waals surface area contributed by atoms with Crippen LogP contribution >= 0.6 is 0 Å². The molecule has 0 aliphatic heterocycles. The van der Waals surface area contributed by atoms with E-state index in [0.29, 0.717) is 24.8 Å². The lowest BCUT2D eigenvalue weighted by Crippen LogP contribution is -2.30. The fourth-order valence-corrected chi connectivity index (χ4v) is 2.09. The van der Waals surface area contributed by atoms with Gasteiger partial charge in [0.05, 0.1) is 5.56 Å². The van der Waals surface area contributed by atoms with Crippen molar-refractivity contribution in [3.63, 3.8) is 0 Å². The second kappa shape index (κ2) is 10.4. The predicted molar refractivity (Wildman–Crippen MR) is 82.9 cm³/mol. The first-order valence-corrected chi connectivity index (χ1v) is 7.69. The van der Waals surface area contributed by atoms with Crippen LogP contribution in [-0.2, 0) is 4.74 Å². The summed E-state index contributed by atoms with van der Waals surface area (Å²) in [5.74, 6) is -0.247. The summed E-state index contributed by atoms with van der Waals surface area (Å²) in [6, 6.07) is 9.60. The van der Waals surface area contributed by atoms with Gasteiger partial charge in [0, 0.05) is 12.6 Å². The first kappa shape index (κ1) is 16.7. The molecule has 0 unspecified atom stereocenters. The van der Waals surface area contributed by atoms with Gasteiger partial charge < -0.3 is 10.1 Å². The Morgan fingerprint density at radius 1 is 1.20 bits per heavy atom. The molecular formula is C17H27NO2. The summed E-state index contributed by atoms with van der Waals surface area (Å²) in [5, 5.41) is 3.39. The van der Waals surface area contributed by atoms with Gasteiger partial charge in [-0.25, -0.2) is 4.79 Å². The van der Waals surface area contributed by atoms with E-state index in [0.717, 1.165) is 0 Å². The fourth-order valence-electron chi connectivity index (χ4n) is 2.09. The molecule has 0 aromatic heterocycles. The minimum atomic E-state index is -0.247. The zero-order valence-corrected chi connectivity index (χ0v) is 12.7. The number of nitrogens with one attached hydrogen (secondary N) is 1. The number of rotatable bonds is 10. The summed E-state index contributed by atoms with van der Waals surface area (Å²) >= 11 is 0. The minimum Gasteiger partial charge on any atom is -0.461 e. The summed E-state index contributed by atoms with van der Waals surface area (Å²) in [5.41, 5.74) is 0.611. The van der Waals surface area contributed by atoms with Crippen LogP contribution in [0.2, 0.25) is 0 Å². The third-order valence-electron chi connectivity index (χ3n) is 3.33. The van der Waals surface area contributed by atoms with Crippen LogP contribution in [0.4, 0.5) is 0 Å². The van der Waals surface area contributed by atoms with E-state index in [-0.39, 0.29) is 5.97 Å². The minimum absolute atomic E-state index is 0.247. The number of esters is 1. The third kappa shape index (κ3) is 7.29. The Hall–Kier alpha value is -1.35. The molecule has 0 aliphatic carbocycles. The van der Waals surface area contributed by atoms with E-state index >= 15 is 0 Å². The summed E-state index contributed by atoms with van der Waals surface area (Å²) < 4.78 is 5.22. The lowest BCUT2D eigenvalue weighted by molar-refractivity contribution is 0.0506. The normalized spacial score (nSPS) is 12.1. The maximum Gasteiger partial charge on any atom is 0.338 e. The molecule has 1 N–H and O–H groups in total. The lowest BCUT2D eigenvalue weighted by atomic mass is 10.1. The van der Waals surface area contributed by atoms with Gasteiger partial charge in [0.2, 0.25) is 0 Å². The van der Waals surface area contributed by atoms with Crippen LogP contribution in [-0.4, -0.2) is 25.2 Å². The average molecular weight is 277 g/mol. The molecule has 0 aliphatic rings. The van der Waals surface area contributed by atoms with Crippen LogP contribution in [0.15, 0.2) is 30.3 Å². The second-order valence-electron chi connectivity index (χ2n) is 5.21. The Balaban J connectivity index is 2.05. The van der Waals surface area contributed by atoms with E-state index in [1.807, 2.05) is 18.2 Å². The van der Waals surface area contributed by atoms with Crippen molar-refractivity contribution in [2.24, 2.45) is 0 Å². The van der Waals surface area contributed by atoms with Gasteiger partial charge in [-0.3, -0.25) is 0 Å². The van der Waals surface area contributed by atoms with E-state index in [1.165, 1.54) is 32.1 Å². The molecule has 0 spiro atoms. The predicted octanol–water partition coefficient (Wildman–Crippen LogP) is 3.79. The van der Waals surface area contributed by atoms with Gasteiger partial charge in [-0.05, 0) is 25.5 Å². The smallest absolute Gasteiger partial charge is 0.338 e. The Labute approximate surface area is 122 Å². The quantitative estimate of drug-likeness (QED) is 0.522. The van der Waals surface area contributed by atoms with Crippen molar-refractivity contribution in [1.82, 2.24) is 5.32 Å². The molecule has 3 nitrogen and oxygen atoms in total. The molecule has 0 saturated carbocycles. The molecule has 0 radical (unpaired) electrons. The van der Waals surface area contributed by atoms with E-state index in [9.17, 15) is 4.79 Å². The first-order chi connectivity index (χ1) is 9.74. The number of hydrogen-bond donors (Lipinski definition) is 1. The molecule has 1 rings (SSSR count). The zero-order valence-electron chi connectivity index (χ0n) is 12.7. The number of benzene rings is 1. The van der Waals surface area contributed by atoms with Crippen molar-refractivity contribution in [2.75, 3.05) is 13.2 Å². The number of carbonyl (C=O) groups is 1. The van der Waals surface area contributed by atoms with Gasteiger partial charge in [0.1, 0.15) is 6.61 Å². The molecule has 0 fully saturated rings. The van der Waals surface area contributed by atoms with Crippen LogP contribution in [0, 0.1) is 0 Å². The zero-order chi connectivity index (χ0) is 14.6. The molecule has 0 saturated heterocycles. The van der Waals surface area contributed by atoms with Crippen LogP contribution < -0.4 is 5.32 Å². The number of carbonyl (C=O) groups excluding carboxylic acids is 1. The van der Waals surface area contributed by atoms with Crippen molar-refractivity contribution < 1.29 is 9.53 Å². The topological polar surface area (TPSA) is 38.3 Å². The highest BCUT2D eigenvalue weighted by Crippen LogP contribution is 2.05. The van der Waals surface area contributed by atoms with E-state index in [1.54, 1.807) is 12.1 Å². The molecule has 1 aromatic rings. The van der Waals surface area contributed by atoms with Crippen LogP contribution in [0.1, 0.15) is 56.3 Å². The molecule has 3 heteroatoms. The largest absolute Gasteiger partial charge is 0.461 e.